The van der Waals surface area contributed by atoms with Crippen molar-refractivity contribution in [2.75, 3.05) is 17.2 Å². The minimum Gasteiger partial charge on any atom is -0.380 e. The summed E-state index contributed by atoms with van der Waals surface area (Å²) in [5, 5.41) is 17.8. The van der Waals surface area contributed by atoms with Gasteiger partial charge >= 0.3 is 5.69 Å². The molecule has 0 aliphatic heterocycles. The van der Waals surface area contributed by atoms with E-state index in [0.29, 0.717) is 23.8 Å². The van der Waals surface area contributed by atoms with Crippen LogP contribution >= 0.6 is 0 Å². The molecule has 1 unspecified atom stereocenters. The lowest BCUT2D eigenvalue weighted by Gasteiger charge is -2.22. The van der Waals surface area contributed by atoms with Crippen molar-refractivity contribution in [3.05, 3.63) is 28.3 Å². The second-order valence-electron chi connectivity index (χ2n) is 5.47. The first-order chi connectivity index (χ1) is 9.63. The molecule has 0 aromatic heterocycles. The number of rotatable bonds is 6. The van der Waals surface area contributed by atoms with Crippen LogP contribution in [-0.4, -0.2) is 17.5 Å². The van der Waals surface area contributed by atoms with E-state index >= 15 is 0 Å². The molecule has 5 nitrogen and oxygen atoms in total. The molecule has 20 heavy (non-hydrogen) atoms. The summed E-state index contributed by atoms with van der Waals surface area (Å²) < 4.78 is 0. The van der Waals surface area contributed by atoms with Crippen molar-refractivity contribution < 1.29 is 4.92 Å². The smallest absolute Gasteiger partial charge is 0.315 e. The van der Waals surface area contributed by atoms with E-state index in [9.17, 15) is 10.1 Å². The van der Waals surface area contributed by atoms with Gasteiger partial charge in [0.05, 0.1) is 4.92 Å². The molecule has 0 heterocycles. The average molecular weight is 277 g/mol. The van der Waals surface area contributed by atoms with Crippen molar-refractivity contribution in [2.45, 2.75) is 45.6 Å². The summed E-state index contributed by atoms with van der Waals surface area (Å²) in [6.07, 6.45) is 4.98. The zero-order chi connectivity index (χ0) is 14.5. The molecule has 1 saturated carbocycles. The van der Waals surface area contributed by atoms with Gasteiger partial charge in [0.15, 0.2) is 0 Å². The molecular formula is C15H23N3O2. The van der Waals surface area contributed by atoms with Gasteiger partial charge in [0.2, 0.25) is 0 Å². The minimum absolute atomic E-state index is 0.152. The normalized spacial score (nSPS) is 16.9. The predicted molar refractivity (Wildman–Crippen MR) is 82.3 cm³/mol. The van der Waals surface area contributed by atoms with Crippen molar-refractivity contribution in [3.8, 4) is 0 Å². The van der Waals surface area contributed by atoms with E-state index in [0.717, 1.165) is 0 Å². The number of nitro benzene ring substituents is 1. The van der Waals surface area contributed by atoms with Gasteiger partial charge in [-0.25, -0.2) is 0 Å². The Morgan fingerprint density at radius 2 is 2.00 bits per heavy atom. The highest BCUT2D eigenvalue weighted by molar-refractivity contribution is 5.76. The number of nitro groups is 1. The third-order valence-corrected chi connectivity index (χ3v) is 4.08. The van der Waals surface area contributed by atoms with Crippen LogP contribution in [0.2, 0.25) is 0 Å². The van der Waals surface area contributed by atoms with Crippen LogP contribution in [0.5, 0.6) is 0 Å². The Kier molecular flexibility index (Phi) is 4.82. The van der Waals surface area contributed by atoms with Crippen LogP contribution in [0.15, 0.2) is 18.2 Å². The molecule has 1 atom stereocenters. The highest BCUT2D eigenvalue weighted by Crippen LogP contribution is 2.35. The highest BCUT2D eigenvalue weighted by Gasteiger charge is 2.25. The van der Waals surface area contributed by atoms with E-state index in [1.807, 2.05) is 13.0 Å². The maximum atomic E-state index is 11.3. The lowest BCUT2D eigenvalue weighted by Crippen LogP contribution is -2.24. The Morgan fingerprint density at radius 3 is 2.60 bits per heavy atom. The molecule has 0 amide bonds. The monoisotopic (exact) mass is 277 g/mol. The Bertz CT molecular complexity index is 470. The summed E-state index contributed by atoms with van der Waals surface area (Å²) in [7, 11) is 0. The summed E-state index contributed by atoms with van der Waals surface area (Å²) in [6.45, 7) is 4.73. The van der Waals surface area contributed by atoms with Gasteiger partial charge in [-0.3, -0.25) is 10.1 Å². The van der Waals surface area contributed by atoms with E-state index < -0.39 is 0 Å². The van der Waals surface area contributed by atoms with Crippen LogP contribution in [0.4, 0.5) is 17.1 Å². The van der Waals surface area contributed by atoms with Gasteiger partial charge in [-0.1, -0.05) is 18.9 Å². The maximum absolute atomic E-state index is 11.3. The van der Waals surface area contributed by atoms with Gasteiger partial charge in [0, 0.05) is 12.6 Å². The van der Waals surface area contributed by atoms with Crippen molar-refractivity contribution in [1.82, 2.24) is 0 Å². The molecule has 5 heteroatoms. The second kappa shape index (κ2) is 6.59. The zero-order valence-electron chi connectivity index (χ0n) is 12.2. The zero-order valence-corrected chi connectivity index (χ0v) is 12.2. The van der Waals surface area contributed by atoms with Crippen LogP contribution in [0, 0.1) is 16.0 Å². The maximum Gasteiger partial charge on any atom is 0.315 e. The Morgan fingerprint density at radius 1 is 1.35 bits per heavy atom. The Labute approximate surface area is 119 Å². The van der Waals surface area contributed by atoms with Crippen LogP contribution in [0.1, 0.15) is 39.5 Å². The molecule has 0 bridgehead atoms. The summed E-state index contributed by atoms with van der Waals surface area (Å²) in [6, 6.07) is 5.68. The molecular weight excluding hydrogens is 254 g/mol. The minimum atomic E-state index is -0.304. The molecule has 0 saturated heterocycles. The number of hydrogen-bond donors (Lipinski definition) is 2. The summed E-state index contributed by atoms with van der Waals surface area (Å²) in [4.78, 5) is 11.0. The van der Waals surface area contributed by atoms with Gasteiger partial charge in [-0.15, -0.1) is 0 Å². The first-order valence-corrected chi connectivity index (χ1v) is 7.41. The quantitative estimate of drug-likeness (QED) is 0.609. The van der Waals surface area contributed by atoms with Crippen LogP contribution < -0.4 is 10.6 Å². The van der Waals surface area contributed by atoms with Gasteiger partial charge < -0.3 is 10.6 Å². The molecule has 0 radical (unpaired) electrons. The standard InChI is InChI=1S/C15H23N3O2/c1-3-16-13-9-6-10-14(15(13)18(19)20)17-11(2)12-7-4-5-8-12/h6,9-12,16-17H,3-5,7-8H2,1-2H3. The molecule has 110 valence electrons. The van der Waals surface area contributed by atoms with Crippen LogP contribution in [0.3, 0.4) is 0 Å². The highest BCUT2D eigenvalue weighted by atomic mass is 16.6. The Hall–Kier alpha value is -1.78. The fourth-order valence-corrected chi connectivity index (χ4v) is 3.01. The van der Waals surface area contributed by atoms with Crippen LogP contribution in [-0.2, 0) is 0 Å². The summed E-state index contributed by atoms with van der Waals surface area (Å²) in [5.74, 6) is 0.623. The van der Waals surface area contributed by atoms with E-state index in [2.05, 4.69) is 17.6 Å². The van der Waals surface area contributed by atoms with Crippen molar-refractivity contribution in [3.63, 3.8) is 0 Å². The van der Waals surface area contributed by atoms with Gasteiger partial charge in [0.1, 0.15) is 11.4 Å². The molecule has 2 rings (SSSR count). The van der Waals surface area contributed by atoms with Crippen LogP contribution in [0.25, 0.3) is 0 Å². The third kappa shape index (κ3) is 3.21. The molecule has 0 spiro atoms. The summed E-state index contributed by atoms with van der Waals surface area (Å²) in [5.41, 5.74) is 1.35. The van der Waals surface area contributed by atoms with E-state index in [1.54, 1.807) is 12.1 Å². The number of para-hydroxylation sites is 1. The third-order valence-electron chi connectivity index (χ3n) is 4.08. The number of benzene rings is 1. The topological polar surface area (TPSA) is 67.2 Å². The fraction of sp³-hybridized carbons (Fsp3) is 0.600. The Balaban J connectivity index is 2.21. The van der Waals surface area contributed by atoms with Gasteiger partial charge in [0.25, 0.3) is 0 Å². The number of nitrogens with zero attached hydrogens (tertiary/aromatic N) is 1. The second-order valence-corrected chi connectivity index (χ2v) is 5.47. The van der Waals surface area contributed by atoms with Gasteiger partial charge in [-0.2, -0.15) is 0 Å². The van der Waals surface area contributed by atoms with Crippen molar-refractivity contribution in [2.24, 2.45) is 5.92 Å². The molecule has 1 aliphatic carbocycles. The number of anilines is 2. The lowest BCUT2D eigenvalue weighted by atomic mass is 9.99. The first kappa shape index (κ1) is 14.6. The van der Waals surface area contributed by atoms with Gasteiger partial charge in [-0.05, 0) is 44.7 Å². The molecule has 1 aromatic carbocycles. The molecule has 1 fully saturated rings. The molecule has 1 aromatic rings. The number of hydrogen-bond acceptors (Lipinski definition) is 4. The van der Waals surface area contributed by atoms with E-state index in [4.69, 9.17) is 0 Å². The first-order valence-electron chi connectivity index (χ1n) is 7.41. The van der Waals surface area contributed by atoms with Crippen molar-refractivity contribution in [1.29, 1.82) is 0 Å². The summed E-state index contributed by atoms with van der Waals surface area (Å²) >= 11 is 0. The molecule has 2 N–H and O–H groups in total. The fourth-order valence-electron chi connectivity index (χ4n) is 3.01. The largest absolute Gasteiger partial charge is 0.380 e. The average Bonchev–Trinajstić information content (AvgIpc) is 2.92. The van der Waals surface area contributed by atoms with Crippen molar-refractivity contribution >= 4 is 17.1 Å². The van der Waals surface area contributed by atoms with E-state index in [1.165, 1.54) is 25.7 Å². The predicted octanol–water partition coefficient (Wildman–Crippen LogP) is 4.02. The lowest BCUT2D eigenvalue weighted by molar-refractivity contribution is -0.383. The number of nitrogens with one attached hydrogen (secondary N) is 2. The SMILES string of the molecule is CCNc1cccc(NC(C)C2CCCC2)c1[N+](=O)[O-]. The molecule has 1 aliphatic rings. The van der Waals surface area contributed by atoms with E-state index in [-0.39, 0.29) is 16.7 Å².